The zero-order valence-corrected chi connectivity index (χ0v) is 30.2. The number of hydrogen-bond donors (Lipinski definition) is 0. The number of anilines is 3. The first kappa shape index (κ1) is 30.8. The molecule has 0 aliphatic heterocycles. The van der Waals surface area contributed by atoms with Gasteiger partial charge in [-0.2, -0.15) is 0 Å². The molecule has 0 amide bonds. The van der Waals surface area contributed by atoms with Crippen LogP contribution in [-0.4, -0.2) is 0 Å². The highest BCUT2D eigenvalue weighted by Crippen LogP contribution is 2.45. The van der Waals surface area contributed by atoms with E-state index in [4.69, 9.17) is 0 Å². The number of thiophene rings is 1. The molecular formula is C52H33NS. The number of nitrogens with zero attached hydrogens (tertiary/aromatic N) is 1. The highest BCUT2D eigenvalue weighted by molar-refractivity contribution is 7.26. The van der Waals surface area contributed by atoms with Crippen molar-refractivity contribution in [3.05, 3.63) is 200 Å². The summed E-state index contributed by atoms with van der Waals surface area (Å²) in [7, 11) is 0. The van der Waals surface area contributed by atoms with Crippen LogP contribution in [0.4, 0.5) is 17.1 Å². The normalized spacial score (nSPS) is 11.7. The van der Waals surface area contributed by atoms with E-state index in [0.29, 0.717) is 0 Å². The number of fused-ring (bicyclic) bond motifs is 10. The van der Waals surface area contributed by atoms with Crippen molar-refractivity contribution in [2.45, 2.75) is 0 Å². The van der Waals surface area contributed by atoms with Gasteiger partial charge in [-0.3, -0.25) is 0 Å². The van der Waals surface area contributed by atoms with Crippen molar-refractivity contribution < 1.29 is 0 Å². The summed E-state index contributed by atoms with van der Waals surface area (Å²) in [5.41, 5.74) is 8.21. The SMILES string of the molecule is c1ccc(-c2ccccc2N(c2ccc(-c3cc4ccccc4c4c3ccc3ccccc34)cc2)c2ccc3ccc4c5ccccc5sc4c3c2)cc1. The van der Waals surface area contributed by atoms with Crippen molar-refractivity contribution in [3.63, 3.8) is 0 Å². The van der Waals surface area contributed by atoms with Gasteiger partial charge >= 0.3 is 0 Å². The lowest BCUT2D eigenvalue weighted by molar-refractivity contribution is 1.29. The van der Waals surface area contributed by atoms with E-state index in [9.17, 15) is 0 Å². The van der Waals surface area contributed by atoms with Gasteiger partial charge in [0.2, 0.25) is 0 Å². The standard InChI is InChI=1S/C52H33NS/c1-2-12-34(13-3-1)41-16-8-10-20-49(41)53(40-29-24-37-26-31-46-44-19-9-11-21-50(44)54-52(46)48(37)33-40)39-27-22-36(23-28-39)47-32-38-15-5-7-18-43(38)51-42-17-6-4-14-35(42)25-30-45(47)51/h1-33H. The minimum absolute atomic E-state index is 1.11. The molecule has 0 aliphatic carbocycles. The fourth-order valence-electron chi connectivity index (χ4n) is 8.49. The summed E-state index contributed by atoms with van der Waals surface area (Å²) in [5.74, 6) is 0. The van der Waals surface area contributed by atoms with Crippen molar-refractivity contribution in [1.29, 1.82) is 0 Å². The second kappa shape index (κ2) is 12.4. The van der Waals surface area contributed by atoms with E-state index < -0.39 is 0 Å². The minimum Gasteiger partial charge on any atom is -0.310 e. The molecule has 11 rings (SSSR count). The molecule has 54 heavy (non-hydrogen) atoms. The maximum absolute atomic E-state index is 2.43. The van der Waals surface area contributed by atoms with E-state index in [0.717, 1.165) is 17.1 Å². The van der Waals surface area contributed by atoms with Crippen LogP contribution in [0.5, 0.6) is 0 Å². The topological polar surface area (TPSA) is 3.24 Å². The lowest BCUT2D eigenvalue weighted by Gasteiger charge is -2.28. The van der Waals surface area contributed by atoms with E-state index in [1.54, 1.807) is 0 Å². The Hall–Kier alpha value is -6.74. The molecule has 2 heteroatoms. The number of benzene rings is 10. The molecule has 0 saturated carbocycles. The van der Waals surface area contributed by atoms with Crippen molar-refractivity contribution in [1.82, 2.24) is 0 Å². The zero-order valence-electron chi connectivity index (χ0n) is 29.4. The average molecular weight is 704 g/mol. The molecule has 11 aromatic rings. The van der Waals surface area contributed by atoms with Crippen LogP contribution in [0, 0.1) is 0 Å². The molecule has 1 aromatic heterocycles. The minimum atomic E-state index is 1.11. The summed E-state index contributed by atoms with van der Waals surface area (Å²) in [6.45, 7) is 0. The maximum Gasteiger partial charge on any atom is 0.0540 e. The van der Waals surface area contributed by atoms with Crippen LogP contribution >= 0.6 is 11.3 Å². The Morgan fingerprint density at radius 3 is 1.76 bits per heavy atom. The lowest BCUT2D eigenvalue weighted by Crippen LogP contribution is -2.11. The van der Waals surface area contributed by atoms with Gasteiger partial charge in [0.05, 0.1) is 5.69 Å². The van der Waals surface area contributed by atoms with Gasteiger partial charge in [-0.1, -0.05) is 158 Å². The molecule has 10 aromatic carbocycles. The van der Waals surface area contributed by atoms with Crippen LogP contribution in [0.1, 0.15) is 0 Å². The third-order valence-electron chi connectivity index (χ3n) is 11.0. The van der Waals surface area contributed by atoms with E-state index in [-0.39, 0.29) is 0 Å². The van der Waals surface area contributed by atoms with E-state index in [1.165, 1.54) is 85.5 Å². The predicted molar refractivity (Wildman–Crippen MR) is 235 cm³/mol. The summed E-state index contributed by atoms with van der Waals surface area (Å²) >= 11 is 1.89. The van der Waals surface area contributed by atoms with Gasteiger partial charge in [0.15, 0.2) is 0 Å². The number of hydrogen-bond acceptors (Lipinski definition) is 2. The molecule has 0 bridgehead atoms. The quantitative estimate of drug-likeness (QED) is 0.161. The molecule has 0 aliphatic rings. The summed E-state index contributed by atoms with van der Waals surface area (Å²) in [6.07, 6.45) is 0. The van der Waals surface area contributed by atoms with E-state index >= 15 is 0 Å². The molecule has 0 atom stereocenters. The Morgan fingerprint density at radius 1 is 0.333 bits per heavy atom. The summed E-state index contributed by atoms with van der Waals surface area (Å²) < 4.78 is 2.65. The van der Waals surface area contributed by atoms with Gasteiger partial charge in [-0.15, -0.1) is 11.3 Å². The fraction of sp³-hybridized carbons (Fsp3) is 0. The Morgan fingerprint density at radius 2 is 0.926 bits per heavy atom. The molecule has 0 saturated heterocycles. The lowest BCUT2D eigenvalue weighted by atomic mass is 9.90. The van der Waals surface area contributed by atoms with E-state index in [1.807, 2.05) is 11.3 Å². The monoisotopic (exact) mass is 703 g/mol. The van der Waals surface area contributed by atoms with Crippen LogP contribution < -0.4 is 4.90 Å². The van der Waals surface area contributed by atoms with Gasteiger partial charge in [-0.25, -0.2) is 0 Å². The van der Waals surface area contributed by atoms with Gasteiger partial charge in [0.25, 0.3) is 0 Å². The van der Waals surface area contributed by atoms with Crippen molar-refractivity contribution >= 4 is 91.7 Å². The van der Waals surface area contributed by atoms with Gasteiger partial charge < -0.3 is 4.90 Å². The molecule has 0 unspecified atom stereocenters. The first-order chi connectivity index (χ1) is 26.8. The summed E-state index contributed by atoms with van der Waals surface area (Å²) in [6, 6.07) is 73.5. The number of rotatable bonds is 5. The summed E-state index contributed by atoms with van der Waals surface area (Å²) in [5, 5.41) is 12.8. The van der Waals surface area contributed by atoms with E-state index in [2.05, 4.69) is 205 Å². The smallest absolute Gasteiger partial charge is 0.0540 e. The molecule has 1 nitrogen and oxygen atoms in total. The van der Waals surface area contributed by atoms with Crippen LogP contribution in [0.25, 0.3) is 85.5 Å². The van der Waals surface area contributed by atoms with Gasteiger partial charge in [0, 0.05) is 42.5 Å². The molecule has 0 radical (unpaired) electrons. The first-order valence-electron chi connectivity index (χ1n) is 18.5. The highest BCUT2D eigenvalue weighted by Gasteiger charge is 2.19. The molecule has 0 N–H and O–H groups in total. The van der Waals surface area contributed by atoms with Gasteiger partial charge in [0.1, 0.15) is 0 Å². The largest absolute Gasteiger partial charge is 0.310 e. The Bertz CT molecular complexity index is 3200. The molecular weight excluding hydrogens is 671 g/mol. The second-order valence-corrected chi connectivity index (χ2v) is 15.1. The second-order valence-electron chi connectivity index (χ2n) is 14.1. The highest BCUT2D eigenvalue weighted by atomic mass is 32.1. The maximum atomic E-state index is 2.43. The van der Waals surface area contributed by atoms with Gasteiger partial charge in [-0.05, 0) is 96.9 Å². The first-order valence-corrected chi connectivity index (χ1v) is 19.3. The van der Waals surface area contributed by atoms with Crippen LogP contribution in [0.2, 0.25) is 0 Å². The third kappa shape index (κ3) is 4.92. The predicted octanol–water partition coefficient (Wildman–Crippen LogP) is 15.5. The molecule has 0 fully saturated rings. The van der Waals surface area contributed by atoms with Crippen molar-refractivity contribution in [2.24, 2.45) is 0 Å². The third-order valence-corrected chi connectivity index (χ3v) is 12.2. The summed E-state index contributed by atoms with van der Waals surface area (Å²) in [4.78, 5) is 2.43. The average Bonchev–Trinajstić information content (AvgIpc) is 3.63. The Labute approximate surface area is 317 Å². The van der Waals surface area contributed by atoms with Crippen molar-refractivity contribution in [2.75, 3.05) is 4.90 Å². The number of para-hydroxylation sites is 1. The fourth-order valence-corrected chi connectivity index (χ4v) is 9.72. The Kier molecular flexibility index (Phi) is 7.11. The van der Waals surface area contributed by atoms with Crippen LogP contribution in [0.15, 0.2) is 200 Å². The Balaban J connectivity index is 1.12. The zero-order chi connectivity index (χ0) is 35.6. The molecule has 252 valence electrons. The van der Waals surface area contributed by atoms with Crippen LogP contribution in [0.3, 0.4) is 0 Å². The molecule has 0 spiro atoms. The van der Waals surface area contributed by atoms with Crippen molar-refractivity contribution in [3.8, 4) is 22.3 Å². The molecule has 1 heterocycles. The van der Waals surface area contributed by atoms with Crippen LogP contribution in [-0.2, 0) is 0 Å².